The molecular formula is C25H36N4O2. The van der Waals surface area contributed by atoms with E-state index in [9.17, 15) is 0 Å². The summed E-state index contributed by atoms with van der Waals surface area (Å²) < 4.78 is 11.4. The predicted octanol–water partition coefficient (Wildman–Crippen LogP) is 2.97. The summed E-state index contributed by atoms with van der Waals surface area (Å²) in [5.41, 5.74) is 3.97. The Kier molecular flexibility index (Phi) is 8.04. The molecule has 2 aliphatic heterocycles. The van der Waals surface area contributed by atoms with Crippen LogP contribution in [0.4, 0.5) is 11.4 Å². The fourth-order valence-corrected chi connectivity index (χ4v) is 4.36. The van der Waals surface area contributed by atoms with Crippen LogP contribution in [-0.2, 0) is 4.74 Å². The lowest BCUT2D eigenvalue weighted by Gasteiger charge is -2.36. The Morgan fingerprint density at radius 2 is 1.71 bits per heavy atom. The number of nitrogens with one attached hydrogen (secondary N) is 1. The Bertz CT molecular complexity index is 802. The third-order valence-corrected chi connectivity index (χ3v) is 6.19. The van der Waals surface area contributed by atoms with Gasteiger partial charge in [0, 0.05) is 56.7 Å². The molecule has 6 heteroatoms. The van der Waals surface area contributed by atoms with Gasteiger partial charge in [-0.15, -0.1) is 0 Å². The molecule has 4 rings (SSSR count). The van der Waals surface area contributed by atoms with Crippen molar-refractivity contribution in [3.05, 3.63) is 54.1 Å². The number of para-hydroxylation sites is 1. The van der Waals surface area contributed by atoms with E-state index >= 15 is 0 Å². The second-order valence-electron chi connectivity index (χ2n) is 8.35. The van der Waals surface area contributed by atoms with Gasteiger partial charge in [-0.3, -0.25) is 10.2 Å². The number of anilines is 2. The Balaban J connectivity index is 1.09. The van der Waals surface area contributed by atoms with Crippen molar-refractivity contribution in [3.8, 4) is 5.75 Å². The summed E-state index contributed by atoms with van der Waals surface area (Å²) in [5.74, 6) is 0.920. The first kappa shape index (κ1) is 21.9. The second kappa shape index (κ2) is 11.4. The van der Waals surface area contributed by atoms with Crippen LogP contribution < -0.4 is 19.9 Å². The predicted molar refractivity (Wildman–Crippen MR) is 127 cm³/mol. The third kappa shape index (κ3) is 6.35. The van der Waals surface area contributed by atoms with Crippen molar-refractivity contribution in [1.29, 1.82) is 0 Å². The fourth-order valence-electron chi connectivity index (χ4n) is 4.36. The number of aryl methyl sites for hydroxylation is 1. The van der Waals surface area contributed by atoms with E-state index in [-0.39, 0.29) is 0 Å². The number of ether oxygens (including phenoxy) is 2. The number of hydrogen-bond donors (Lipinski definition) is 1. The van der Waals surface area contributed by atoms with E-state index in [4.69, 9.17) is 9.47 Å². The summed E-state index contributed by atoms with van der Waals surface area (Å²) in [5, 5.41) is 3.42. The van der Waals surface area contributed by atoms with Crippen LogP contribution in [0.3, 0.4) is 0 Å². The molecule has 0 aromatic heterocycles. The molecule has 2 heterocycles. The minimum absolute atomic E-state index is 0.549. The summed E-state index contributed by atoms with van der Waals surface area (Å²) in [4.78, 5) is 7.44. The Morgan fingerprint density at radius 1 is 0.903 bits per heavy atom. The molecule has 6 nitrogen and oxygen atoms in total. The number of nitrogens with zero attached hydrogens (tertiary/aromatic N) is 3. The normalized spacial score (nSPS) is 17.7. The smallest absolute Gasteiger partial charge is 0.139 e. The molecule has 2 saturated heterocycles. The lowest BCUT2D eigenvalue weighted by Crippen LogP contribution is -2.47. The molecule has 0 unspecified atom stereocenters. The van der Waals surface area contributed by atoms with Gasteiger partial charge in [-0.2, -0.15) is 0 Å². The van der Waals surface area contributed by atoms with Crippen molar-refractivity contribution >= 4 is 11.4 Å². The van der Waals surface area contributed by atoms with Gasteiger partial charge in [0.2, 0.25) is 0 Å². The highest BCUT2D eigenvalue weighted by Gasteiger charge is 2.17. The summed E-state index contributed by atoms with van der Waals surface area (Å²) in [7, 11) is 0. The van der Waals surface area contributed by atoms with Gasteiger partial charge < -0.3 is 19.3 Å². The van der Waals surface area contributed by atoms with Crippen LogP contribution in [0.15, 0.2) is 48.5 Å². The van der Waals surface area contributed by atoms with E-state index in [0.29, 0.717) is 6.73 Å². The maximum atomic E-state index is 5.91. The minimum atomic E-state index is 0.549. The van der Waals surface area contributed by atoms with E-state index in [2.05, 4.69) is 69.4 Å². The summed E-state index contributed by atoms with van der Waals surface area (Å²) in [6.07, 6.45) is 1.14. The van der Waals surface area contributed by atoms with Gasteiger partial charge in [0.05, 0.1) is 13.2 Å². The van der Waals surface area contributed by atoms with Gasteiger partial charge in [-0.25, -0.2) is 0 Å². The first-order valence-electron chi connectivity index (χ1n) is 11.6. The van der Waals surface area contributed by atoms with Crippen LogP contribution in [0.1, 0.15) is 12.0 Å². The molecule has 0 spiro atoms. The highest BCUT2D eigenvalue weighted by atomic mass is 16.5. The van der Waals surface area contributed by atoms with E-state index in [1.54, 1.807) is 0 Å². The number of morpholine rings is 1. The molecule has 1 N–H and O–H groups in total. The Labute approximate surface area is 186 Å². The fraction of sp³-hybridized carbons (Fsp3) is 0.520. The summed E-state index contributed by atoms with van der Waals surface area (Å²) >= 11 is 0. The van der Waals surface area contributed by atoms with Crippen molar-refractivity contribution in [2.75, 3.05) is 82.1 Å². The van der Waals surface area contributed by atoms with Gasteiger partial charge in [-0.05, 0) is 50.2 Å². The number of benzene rings is 2. The van der Waals surface area contributed by atoms with Gasteiger partial charge in [0.25, 0.3) is 0 Å². The average Bonchev–Trinajstić information content (AvgIpc) is 2.83. The SMILES string of the molecule is Cc1ccccc1N1CCN(CCCNCOc2cccc(N3CCOCC3)c2)CC1. The van der Waals surface area contributed by atoms with Crippen molar-refractivity contribution < 1.29 is 9.47 Å². The molecule has 2 aliphatic rings. The van der Waals surface area contributed by atoms with Crippen LogP contribution in [0.25, 0.3) is 0 Å². The minimum Gasteiger partial charge on any atom is -0.478 e. The van der Waals surface area contributed by atoms with Crippen LogP contribution in [-0.4, -0.2) is 77.2 Å². The summed E-state index contributed by atoms with van der Waals surface area (Å²) in [6, 6.07) is 17.1. The number of piperazine rings is 1. The maximum Gasteiger partial charge on any atom is 0.139 e. The zero-order chi connectivity index (χ0) is 21.3. The Hall–Kier alpha value is -2.28. The van der Waals surface area contributed by atoms with Gasteiger partial charge >= 0.3 is 0 Å². The van der Waals surface area contributed by atoms with E-state index in [0.717, 1.165) is 77.7 Å². The topological polar surface area (TPSA) is 40.2 Å². The van der Waals surface area contributed by atoms with Gasteiger partial charge in [0.1, 0.15) is 12.5 Å². The van der Waals surface area contributed by atoms with Crippen molar-refractivity contribution in [1.82, 2.24) is 10.2 Å². The molecule has 0 radical (unpaired) electrons. The molecule has 0 saturated carbocycles. The first-order valence-corrected chi connectivity index (χ1v) is 11.6. The molecule has 0 bridgehead atoms. The van der Waals surface area contributed by atoms with Crippen molar-refractivity contribution in [2.24, 2.45) is 0 Å². The zero-order valence-electron chi connectivity index (χ0n) is 18.8. The molecule has 168 valence electrons. The quantitative estimate of drug-likeness (QED) is 0.493. The third-order valence-electron chi connectivity index (χ3n) is 6.19. The molecular weight excluding hydrogens is 388 g/mol. The van der Waals surface area contributed by atoms with Crippen LogP contribution in [0.5, 0.6) is 5.75 Å². The first-order chi connectivity index (χ1) is 15.3. The van der Waals surface area contributed by atoms with Gasteiger partial charge in [0.15, 0.2) is 0 Å². The molecule has 0 atom stereocenters. The molecule has 2 fully saturated rings. The van der Waals surface area contributed by atoms with Crippen molar-refractivity contribution in [3.63, 3.8) is 0 Å². The molecule has 0 aliphatic carbocycles. The largest absolute Gasteiger partial charge is 0.478 e. The molecule has 31 heavy (non-hydrogen) atoms. The lowest BCUT2D eigenvalue weighted by atomic mass is 10.1. The monoisotopic (exact) mass is 424 g/mol. The maximum absolute atomic E-state index is 5.91. The van der Waals surface area contributed by atoms with Gasteiger partial charge in [-0.1, -0.05) is 24.3 Å². The van der Waals surface area contributed by atoms with Crippen LogP contribution in [0, 0.1) is 6.92 Å². The van der Waals surface area contributed by atoms with E-state index in [1.807, 2.05) is 6.07 Å². The zero-order valence-corrected chi connectivity index (χ0v) is 18.8. The number of hydrogen-bond acceptors (Lipinski definition) is 6. The van der Waals surface area contributed by atoms with Crippen LogP contribution >= 0.6 is 0 Å². The van der Waals surface area contributed by atoms with Crippen molar-refractivity contribution in [2.45, 2.75) is 13.3 Å². The molecule has 2 aromatic rings. The second-order valence-corrected chi connectivity index (χ2v) is 8.35. The van der Waals surface area contributed by atoms with Crippen LogP contribution in [0.2, 0.25) is 0 Å². The lowest BCUT2D eigenvalue weighted by molar-refractivity contribution is 0.122. The summed E-state index contributed by atoms with van der Waals surface area (Å²) in [6.45, 7) is 12.9. The Morgan fingerprint density at radius 3 is 2.52 bits per heavy atom. The van der Waals surface area contributed by atoms with E-state index < -0.39 is 0 Å². The number of rotatable bonds is 9. The molecule has 0 amide bonds. The highest BCUT2D eigenvalue weighted by Crippen LogP contribution is 2.22. The highest BCUT2D eigenvalue weighted by molar-refractivity contribution is 5.53. The standard InChI is InChI=1S/C25H36N4O2/c1-22-6-2-3-9-25(22)29-14-12-27(13-15-29)11-5-10-26-21-31-24-8-4-7-23(20-24)28-16-18-30-19-17-28/h2-4,6-9,20,26H,5,10-19,21H2,1H3. The average molecular weight is 425 g/mol. The molecule has 2 aromatic carbocycles. The van der Waals surface area contributed by atoms with E-state index in [1.165, 1.54) is 16.9 Å².